The van der Waals surface area contributed by atoms with Crippen molar-refractivity contribution in [3.63, 3.8) is 0 Å². The number of rotatable bonds is 14. The molecule has 12 aromatic rings. The van der Waals surface area contributed by atoms with E-state index in [4.69, 9.17) is 0 Å². The molecule has 0 saturated heterocycles. The number of thiophene rings is 4. The van der Waals surface area contributed by atoms with Crippen molar-refractivity contribution in [3.05, 3.63) is 291 Å². The second kappa shape index (κ2) is 24.4. The van der Waals surface area contributed by atoms with Gasteiger partial charge in [-0.2, -0.15) is 0 Å². The summed E-state index contributed by atoms with van der Waals surface area (Å²) in [5, 5.41) is 10.9. The van der Waals surface area contributed by atoms with Gasteiger partial charge in [0.15, 0.2) is 0 Å². The van der Waals surface area contributed by atoms with E-state index in [0.717, 1.165) is 0 Å². The minimum atomic E-state index is -1.85. The third-order valence-electron chi connectivity index (χ3n) is 13.1. The third kappa shape index (κ3) is 10.9. The number of benzene rings is 8. The van der Waals surface area contributed by atoms with Crippen LogP contribution in [0.1, 0.15) is 0 Å². The predicted octanol–water partition coefficient (Wildman–Crippen LogP) is 12.5. The molecule has 0 atom stereocenters. The van der Waals surface area contributed by atoms with Crippen LogP contribution in [0.3, 0.4) is 0 Å². The van der Waals surface area contributed by atoms with E-state index < -0.39 is 22.0 Å². The van der Waals surface area contributed by atoms with E-state index in [9.17, 15) is 0 Å². The molecular formula is C64H48P4S4Se4. The van der Waals surface area contributed by atoms with Gasteiger partial charge in [0.25, 0.3) is 0 Å². The summed E-state index contributed by atoms with van der Waals surface area (Å²) in [6, 6.07) is 106. The molecule has 0 aliphatic heterocycles. The Morgan fingerprint density at radius 3 is 0.434 bits per heavy atom. The molecule has 0 bridgehead atoms. The van der Waals surface area contributed by atoms with Crippen molar-refractivity contribution < 1.29 is 0 Å². The van der Waals surface area contributed by atoms with E-state index >= 15 is 0 Å². The molecule has 8 aromatic carbocycles. The van der Waals surface area contributed by atoms with E-state index in [2.05, 4.69) is 352 Å². The summed E-state index contributed by atoms with van der Waals surface area (Å²) in [4.78, 5) is 5.32. The van der Waals surface area contributed by atoms with Gasteiger partial charge in [0, 0.05) is 0 Å². The standard InChI is InChI=1S/2C32H24P2S2Se2/c2*37-33(25-13-5-1-6-14-25,26-15-7-2-8-16-26)31-23-21-29(35-31)30-22-24-32(36-30)34(38,27-17-9-3-10-18-27)28-19-11-4-12-20-28/h2*1-24H. The molecule has 0 spiro atoms. The van der Waals surface area contributed by atoms with Gasteiger partial charge in [-0.1, -0.05) is 0 Å². The van der Waals surface area contributed by atoms with Crippen LogP contribution in [-0.2, 0) is 0 Å². The van der Waals surface area contributed by atoms with Gasteiger partial charge in [-0.3, -0.25) is 0 Å². The molecule has 0 fully saturated rings. The number of hydrogen-bond acceptors (Lipinski definition) is 4. The van der Waals surface area contributed by atoms with Gasteiger partial charge in [0.05, 0.1) is 0 Å². The fourth-order valence-corrected chi connectivity index (χ4v) is 37.7. The molecule has 0 aliphatic rings. The Kier molecular flexibility index (Phi) is 17.4. The molecule has 0 saturated carbocycles. The molecule has 0 unspecified atom stereocenters. The Bertz CT molecular complexity index is 3350. The second-order valence-corrected chi connectivity index (χ2v) is 47.9. The van der Waals surface area contributed by atoms with Gasteiger partial charge in [-0.05, 0) is 0 Å². The molecule has 4 aromatic heterocycles. The van der Waals surface area contributed by atoms with Crippen LogP contribution < -0.4 is 60.9 Å². The fourth-order valence-electron chi connectivity index (χ4n) is 9.23. The Balaban J connectivity index is 0.000000162. The van der Waals surface area contributed by atoms with Crippen LogP contribution in [-0.4, -0.2) is 60.4 Å². The third-order valence-corrected chi connectivity index (χ3v) is 51.4. The van der Waals surface area contributed by atoms with Gasteiger partial charge in [0.2, 0.25) is 0 Å². The van der Waals surface area contributed by atoms with Crippen LogP contribution in [0.2, 0.25) is 0 Å². The maximum absolute atomic E-state index is 3.70. The van der Waals surface area contributed by atoms with Crippen molar-refractivity contribution >= 4 is 189 Å². The molecule has 0 nitrogen and oxygen atoms in total. The Labute approximate surface area is 493 Å². The maximum atomic E-state index is 3.70. The fraction of sp³-hybridized carbons (Fsp3) is 0. The van der Waals surface area contributed by atoms with Gasteiger partial charge in [-0.15, -0.1) is 0 Å². The van der Waals surface area contributed by atoms with Crippen molar-refractivity contribution in [2.75, 3.05) is 0 Å². The zero-order valence-corrected chi connectivity index (χ0v) is 54.5. The Morgan fingerprint density at radius 2 is 0.303 bits per heavy atom. The first-order valence-corrected chi connectivity index (χ1v) is 43.8. The summed E-state index contributed by atoms with van der Waals surface area (Å²) in [7, 11) is 0. The van der Waals surface area contributed by atoms with Crippen molar-refractivity contribution in [1.29, 1.82) is 0 Å². The molecule has 0 aliphatic carbocycles. The predicted molar refractivity (Wildman–Crippen MR) is 353 cm³/mol. The van der Waals surface area contributed by atoms with E-state index in [-0.39, 0.29) is 0 Å². The van der Waals surface area contributed by atoms with Gasteiger partial charge < -0.3 is 0 Å². The summed E-state index contributed by atoms with van der Waals surface area (Å²) in [6.07, 6.45) is 0. The van der Waals surface area contributed by atoms with E-state index in [1.807, 2.05) is 45.3 Å². The average Bonchev–Trinajstić information content (AvgIpc) is 4.38. The number of hydrogen-bond donors (Lipinski definition) is 0. The van der Waals surface area contributed by atoms with Crippen molar-refractivity contribution in [1.82, 2.24) is 0 Å². The quantitative estimate of drug-likeness (QED) is 0.0752. The minimum absolute atomic E-state index is 1.33. The summed E-state index contributed by atoms with van der Waals surface area (Å²) < 4.78 is 5.65. The second-order valence-electron chi connectivity index (χ2n) is 17.7. The first-order chi connectivity index (χ1) is 37.2. The monoisotopic (exact) mass is 1390 g/mol. The van der Waals surface area contributed by atoms with Crippen LogP contribution in [0.25, 0.3) is 19.5 Å². The SMILES string of the molecule is [Se]=P(c1ccccc1)(c1ccccc1)c1ccc(-c2ccc(P(=[Se])(c3ccccc3)c3ccccc3)s2)s1.[Se]=P(c1ccccc1)(c1ccccc1)c1ccc(-c2ccc(P(=[Se])(c3ccccc3)c3ccccc3)s2)s1. The summed E-state index contributed by atoms with van der Waals surface area (Å²) in [6.45, 7) is 0. The molecule has 0 radical (unpaired) electrons. The summed E-state index contributed by atoms with van der Waals surface area (Å²) in [5.41, 5.74) is -7.39. The summed E-state index contributed by atoms with van der Waals surface area (Å²) >= 11 is 22.5. The van der Waals surface area contributed by atoms with Crippen molar-refractivity contribution in [2.24, 2.45) is 0 Å². The summed E-state index contributed by atoms with van der Waals surface area (Å²) in [5.74, 6) is 0. The van der Waals surface area contributed by atoms with Crippen LogP contribution in [0, 0.1) is 0 Å². The van der Waals surface area contributed by atoms with E-state index in [1.54, 1.807) is 0 Å². The Hall–Kier alpha value is -3.64. The van der Waals surface area contributed by atoms with Crippen LogP contribution in [0.5, 0.6) is 0 Å². The molecule has 0 amide bonds. The van der Waals surface area contributed by atoms with Crippen LogP contribution >= 0.6 is 67.4 Å². The first kappa shape index (κ1) is 54.3. The molecule has 12 heteroatoms. The Morgan fingerprint density at radius 1 is 0.171 bits per heavy atom. The van der Waals surface area contributed by atoms with Crippen LogP contribution in [0.4, 0.5) is 0 Å². The topological polar surface area (TPSA) is 0 Å². The van der Waals surface area contributed by atoms with Crippen LogP contribution in [0.15, 0.2) is 291 Å². The van der Waals surface area contributed by atoms with E-state index in [1.165, 1.54) is 80.4 Å². The average molecular weight is 1390 g/mol. The van der Waals surface area contributed by atoms with Gasteiger partial charge in [0.1, 0.15) is 0 Å². The molecule has 0 N–H and O–H groups in total. The molecule has 4 heterocycles. The zero-order valence-electron chi connectivity index (χ0n) is 40.8. The molecule has 12 rings (SSSR count). The van der Waals surface area contributed by atoms with Crippen molar-refractivity contribution in [2.45, 2.75) is 0 Å². The first-order valence-electron chi connectivity index (χ1n) is 24.5. The molecule has 76 heavy (non-hydrogen) atoms. The zero-order chi connectivity index (χ0) is 52.0. The normalized spacial score (nSPS) is 11.9. The van der Waals surface area contributed by atoms with Crippen molar-refractivity contribution in [3.8, 4) is 19.5 Å². The molecular weight excluding hydrogens is 1340 g/mol. The molecule has 372 valence electrons. The van der Waals surface area contributed by atoms with Gasteiger partial charge in [-0.25, -0.2) is 0 Å². The van der Waals surface area contributed by atoms with E-state index in [0.29, 0.717) is 0 Å². The van der Waals surface area contributed by atoms with Gasteiger partial charge >= 0.3 is 499 Å².